The molecule has 18 heavy (non-hydrogen) atoms. The molecule has 2 rings (SSSR count). The highest BCUT2D eigenvalue weighted by molar-refractivity contribution is 5.29. The minimum Gasteiger partial charge on any atom is -0.497 e. The van der Waals surface area contributed by atoms with Gasteiger partial charge in [0.15, 0.2) is 0 Å². The fraction of sp³-hybridized carbons (Fsp3) is 0.600. The van der Waals surface area contributed by atoms with E-state index in [0.29, 0.717) is 12.0 Å². The first kappa shape index (κ1) is 13.4. The molecule has 3 heteroatoms. The van der Waals surface area contributed by atoms with Crippen molar-refractivity contribution in [2.24, 2.45) is 5.92 Å². The van der Waals surface area contributed by atoms with Crippen LogP contribution in [0.25, 0.3) is 0 Å². The van der Waals surface area contributed by atoms with Gasteiger partial charge in [-0.05, 0) is 36.5 Å². The molecule has 100 valence electrons. The van der Waals surface area contributed by atoms with Crippen LogP contribution in [0.2, 0.25) is 0 Å². The van der Waals surface area contributed by atoms with Crippen molar-refractivity contribution in [3.8, 4) is 5.75 Å². The molecule has 1 saturated heterocycles. The van der Waals surface area contributed by atoms with Crippen LogP contribution in [-0.4, -0.2) is 26.9 Å². The van der Waals surface area contributed by atoms with Crippen LogP contribution in [-0.2, 0) is 4.74 Å². The van der Waals surface area contributed by atoms with E-state index in [-0.39, 0.29) is 0 Å². The van der Waals surface area contributed by atoms with Crippen LogP contribution in [0.5, 0.6) is 5.75 Å². The third-order valence-electron chi connectivity index (χ3n) is 3.60. The van der Waals surface area contributed by atoms with E-state index in [9.17, 15) is 0 Å². The molecule has 0 aliphatic carbocycles. The second-order valence-corrected chi connectivity index (χ2v) is 4.87. The summed E-state index contributed by atoms with van der Waals surface area (Å²) in [5.74, 6) is 1.59. The highest BCUT2D eigenvalue weighted by Crippen LogP contribution is 2.21. The summed E-state index contributed by atoms with van der Waals surface area (Å²) >= 11 is 0. The van der Waals surface area contributed by atoms with Crippen molar-refractivity contribution in [1.82, 2.24) is 5.32 Å². The molecule has 2 atom stereocenters. The van der Waals surface area contributed by atoms with Gasteiger partial charge in [-0.25, -0.2) is 0 Å². The summed E-state index contributed by atoms with van der Waals surface area (Å²) in [4.78, 5) is 0. The minimum absolute atomic E-state index is 0.427. The molecule has 0 aromatic heterocycles. The van der Waals surface area contributed by atoms with Crippen molar-refractivity contribution in [3.05, 3.63) is 29.8 Å². The first-order valence-electron chi connectivity index (χ1n) is 6.78. The van der Waals surface area contributed by atoms with Gasteiger partial charge < -0.3 is 14.8 Å². The van der Waals surface area contributed by atoms with Gasteiger partial charge in [0.05, 0.1) is 13.7 Å². The van der Waals surface area contributed by atoms with Gasteiger partial charge in [-0.1, -0.05) is 19.1 Å². The maximum absolute atomic E-state index is 5.40. The van der Waals surface area contributed by atoms with Crippen molar-refractivity contribution in [2.45, 2.75) is 25.8 Å². The zero-order valence-corrected chi connectivity index (χ0v) is 11.3. The lowest BCUT2D eigenvalue weighted by atomic mass is 10.0. The molecule has 1 N–H and O–H groups in total. The molecule has 0 spiro atoms. The molecule has 1 aromatic rings. The average molecular weight is 249 g/mol. The third-order valence-corrected chi connectivity index (χ3v) is 3.60. The summed E-state index contributed by atoms with van der Waals surface area (Å²) in [7, 11) is 1.70. The van der Waals surface area contributed by atoms with E-state index in [1.807, 2.05) is 12.1 Å². The molecule has 0 amide bonds. The molecule has 1 aliphatic rings. The molecule has 0 saturated carbocycles. The highest BCUT2D eigenvalue weighted by Gasteiger charge is 2.17. The molecule has 0 bridgehead atoms. The Balaban J connectivity index is 1.89. The zero-order chi connectivity index (χ0) is 12.8. The van der Waals surface area contributed by atoms with E-state index >= 15 is 0 Å². The van der Waals surface area contributed by atoms with Gasteiger partial charge >= 0.3 is 0 Å². The largest absolute Gasteiger partial charge is 0.497 e. The molecule has 1 aliphatic heterocycles. The number of methoxy groups -OCH3 is 1. The van der Waals surface area contributed by atoms with E-state index in [2.05, 4.69) is 24.4 Å². The summed E-state index contributed by atoms with van der Waals surface area (Å²) < 4.78 is 10.6. The van der Waals surface area contributed by atoms with Gasteiger partial charge in [-0.2, -0.15) is 0 Å². The van der Waals surface area contributed by atoms with Crippen molar-refractivity contribution in [3.63, 3.8) is 0 Å². The second-order valence-electron chi connectivity index (χ2n) is 4.87. The number of hydrogen-bond acceptors (Lipinski definition) is 3. The number of nitrogens with one attached hydrogen (secondary N) is 1. The summed E-state index contributed by atoms with van der Waals surface area (Å²) in [6.45, 7) is 5.09. The molecule has 0 radical (unpaired) electrons. The van der Waals surface area contributed by atoms with Gasteiger partial charge in [0.2, 0.25) is 0 Å². The maximum atomic E-state index is 5.40. The average Bonchev–Trinajstić information content (AvgIpc) is 2.93. The number of rotatable bonds is 6. The van der Waals surface area contributed by atoms with Crippen LogP contribution in [0.3, 0.4) is 0 Å². The van der Waals surface area contributed by atoms with E-state index < -0.39 is 0 Å². The lowest BCUT2D eigenvalue weighted by molar-refractivity contribution is 0.184. The Bertz CT molecular complexity index is 344. The van der Waals surface area contributed by atoms with Crippen molar-refractivity contribution in [1.29, 1.82) is 0 Å². The van der Waals surface area contributed by atoms with Gasteiger partial charge in [0, 0.05) is 19.2 Å². The number of ether oxygens (including phenoxy) is 2. The van der Waals surface area contributed by atoms with Crippen LogP contribution < -0.4 is 10.1 Å². The predicted octanol–water partition coefficient (Wildman–Crippen LogP) is 2.77. The lowest BCUT2D eigenvalue weighted by Crippen LogP contribution is -2.27. The van der Waals surface area contributed by atoms with Crippen LogP contribution in [0.1, 0.15) is 31.4 Å². The van der Waals surface area contributed by atoms with Crippen molar-refractivity contribution >= 4 is 0 Å². The van der Waals surface area contributed by atoms with Crippen LogP contribution in [0, 0.1) is 5.92 Å². The standard InChI is InChI=1S/C15H23NO2/c1-3-15(16-10-12-8-9-18-11-12)13-4-6-14(17-2)7-5-13/h4-7,12,15-16H,3,8-11H2,1-2H3. The minimum atomic E-state index is 0.427. The zero-order valence-electron chi connectivity index (χ0n) is 11.3. The fourth-order valence-electron chi connectivity index (χ4n) is 2.39. The Morgan fingerprint density at radius 3 is 2.72 bits per heavy atom. The van der Waals surface area contributed by atoms with Crippen molar-refractivity contribution < 1.29 is 9.47 Å². The first-order chi connectivity index (χ1) is 8.83. The van der Waals surface area contributed by atoms with Crippen LogP contribution >= 0.6 is 0 Å². The van der Waals surface area contributed by atoms with Gasteiger partial charge in [-0.15, -0.1) is 0 Å². The Morgan fingerprint density at radius 2 is 2.17 bits per heavy atom. The monoisotopic (exact) mass is 249 g/mol. The summed E-state index contributed by atoms with van der Waals surface area (Å²) in [6, 6.07) is 8.77. The topological polar surface area (TPSA) is 30.5 Å². The molecule has 1 aromatic carbocycles. The normalized spacial score (nSPS) is 20.9. The summed E-state index contributed by atoms with van der Waals surface area (Å²) in [6.07, 6.45) is 2.28. The molecule has 1 heterocycles. The van der Waals surface area contributed by atoms with Gasteiger partial charge in [-0.3, -0.25) is 0 Å². The quantitative estimate of drug-likeness (QED) is 0.841. The van der Waals surface area contributed by atoms with E-state index in [1.165, 1.54) is 12.0 Å². The third kappa shape index (κ3) is 3.47. The van der Waals surface area contributed by atoms with Gasteiger partial charge in [0.25, 0.3) is 0 Å². The molecular weight excluding hydrogens is 226 g/mol. The van der Waals surface area contributed by atoms with Gasteiger partial charge in [0.1, 0.15) is 5.75 Å². The molecule has 3 nitrogen and oxygen atoms in total. The maximum Gasteiger partial charge on any atom is 0.118 e. The Morgan fingerprint density at radius 1 is 1.39 bits per heavy atom. The Kier molecular flexibility index (Phi) is 5.02. The predicted molar refractivity (Wildman–Crippen MR) is 73.0 cm³/mol. The van der Waals surface area contributed by atoms with E-state index in [1.54, 1.807) is 7.11 Å². The van der Waals surface area contributed by atoms with E-state index in [4.69, 9.17) is 9.47 Å². The van der Waals surface area contributed by atoms with Crippen LogP contribution in [0.4, 0.5) is 0 Å². The van der Waals surface area contributed by atoms with Crippen LogP contribution in [0.15, 0.2) is 24.3 Å². The SMILES string of the molecule is CCC(NCC1CCOC1)c1ccc(OC)cc1. The molecule has 2 unspecified atom stereocenters. The first-order valence-corrected chi connectivity index (χ1v) is 6.78. The Hall–Kier alpha value is -1.06. The summed E-state index contributed by atoms with van der Waals surface area (Å²) in [5, 5.41) is 3.64. The van der Waals surface area contributed by atoms with E-state index in [0.717, 1.165) is 31.9 Å². The number of hydrogen-bond donors (Lipinski definition) is 1. The smallest absolute Gasteiger partial charge is 0.118 e. The fourth-order valence-corrected chi connectivity index (χ4v) is 2.39. The lowest BCUT2D eigenvalue weighted by Gasteiger charge is -2.19. The second kappa shape index (κ2) is 6.76. The number of benzene rings is 1. The molecule has 1 fully saturated rings. The Labute approximate surface area is 109 Å². The molecular formula is C15H23NO2. The highest BCUT2D eigenvalue weighted by atomic mass is 16.5. The van der Waals surface area contributed by atoms with Crippen molar-refractivity contribution in [2.75, 3.05) is 26.9 Å². The summed E-state index contributed by atoms with van der Waals surface area (Å²) in [5.41, 5.74) is 1.33.